The lowest BCUT2D eigenvalue weighted by Gasteiger charge is -2.24. The molecule has 0 spiro atoms. The molecule has 2 heterocycles. The van der Waals surface area contributed by atoms with Gasteiger partial charge in [-0.15, -0.1) is 0 Å². The van der Waals surface area contributed by atoms with Gasteiger partial charge in [0.05, 0.1) is 0 Å². The maximum absolute atomic E-state index is 13.4. The maximum atomic E-state index is 13.4. The average Bonchev–Trinajstić information content (AvgIpc) is 3.17. The van der Waals surface area contributed by atoms with Gasteiger partial charge in [-0.25, -0.2) is 0 Å². The number of hydrogen-bond acceptors (Lipinski definition) is 3. The number of nitrogens with zero attached hydrogens (tertiary/aromatic N) is 4. The molecule has 1 aliphatic rings. The number of aromatic nitrogens is 1. The molecule has 148 valence electrons. The third-order valence-corrected chi connectivity index (χ3v) is 5.61. The molecule has 0 saturated carbocycles. The lowest BCUT2D eigenvalue weighted by atomic mass is 9.95. The van der Waals surface area contributed by atoms with Gasteiger partial charge in [-0.3, -0.25) is 4.79 Å². The van der Waals surface area contributed by atoms with Crippen molar-refractivity contribution in [3.05, 3.63) is 36.0 Å². The number of amides is 1. The number of likely N-dealkylation sites (tertiary alicyclic amines) is 1. The van der Waals surface area contributed by atoms with Crippen molar-refractivity contribution in [1.82, 2.24) is 19.3 Å². The lowest BCUT2D eigenvalue weighted by Crippen LogP contribution is -2.32. The SMILES string of the molecule is CC(C)n1ccc2c(C(=O)N3C[C@@H](CN(C)C)[C@H](CN(C)C)C3)cccc21. The van der Waals surface area contributed by atoms with Gasteiger partial charge in [0, 0.05) is 54.9 Å². The van der Waals surface area contributed by atoms with Gasteiger partial charge in [-0.05, 0) is 72.1 Å². The molecule has 0 N–H and O–H groups in total. The number of rotatable bonds is 6. The van der Waals surface area contributed by atoms with Gasteiger partial charge in [-0.1, -0.05) is 6.07 Å². The molecule has 1 fully saturated rings. The normalized spacial score (nSPS) is 20.6. The van der Waals surface area contributed by atoms with Crippen LogP contribution in [0.25, 0.3) is 10.9 Å². The van der Waals surface area contributed by atoms with E-state index in [0.29, 0.717) is 17.9 Å². The van der Waals surface area contributed by atoms with Crippen LogP contribution in [0.1, 0.15) is 30.2 Å². The van der Waals surface area contributed by atoms with Crippen LogP contribution in [0.15, 0.2) is 30.5 Å². The molecular formula is C22H34N4O. The van der Waals surface area contributed by atoms with Crippen molar-refractivity contribution in [1.29, 1.82) is 0 Å². The number of fused-ring (bicyclic) bond motifs is 1. The van der Waals surface area contributed by atoms with Crippen LogP contribution in [-0.2, 0) is 0 Å². The molecule has 1 saturated heterocycles. The lowest BCUT2D eigenvalue weighted by molar-refractivity contribution is 0.0783. The van der Waals surface area contributed by atoms with Crippen LogP contribution < -0.4 is 0 Å². The molecule has 5 heteroatoms. The van der Waals surface area contributed by atoms with Crippen molar-refractivity contribution < 1.29 is 4.79 Å². The van der Waals surface area contributed by atoms with Crippen molar-refractivity contribution in [2.45, 2.75) is 19.9 Å². The summed E-state index contributed by atoms with van der Waals surface area (Å²) in [4.78, 5) is 19.9. The van der Waals surface area contributed by atoms with Gasteiger partial charge in [-0.2, -0.15) is 0 Å². The zero-order valence-electron chi connectivity index (χ0n) is 17.6. The van der Waals surface area contributed by atoms with E-state index in [1.807, 2.05) is 12.1 Å². The van der Waals surface area contributed by atoms with Gasteiger partial charge in [0.2, 0.25) is 0 Å². The van der Waals surface area contributed by atoms with Crippen LogP contribution in [0.3, 0.4) is 0 Å². The van der Waals surface area contributed by atoms with E-state index in [1.54, 1.807) is 0 Å². The summed E-state index contributed by atoms with van der Waals surface area (Å²) in [5.41, 5.74) is 1.98. The number of carbonyl (C=O) groups is 1. The Morgan fingerprint density at radius 1 is 1.04 bits per heavy atom. The molecule has 1 aromatic carbocycles. The van der Waals surface area contributed by atoms with E-state index in [4.69, 9.17) is 0 Å². The standard InChI is InChI=1S/C22H34N4O/c1-16(2)26-11-10-19-20(8-7-9-21(19)26)22(27)25-14-17(12-23(3)4)18(15-25)13-24(5)6/h7-11,16-18H,12-15H2,1-6H3/t17-,18-/m1/s1. The summed E-state index contributed by atoms with van der Waals surface area (Å²) < 4.78 is 2.24. The number of hydrogen-bond donors (Lipinski definition) is 0. The first-order chi connectivity index (χ1) is 12.8. The molecular weight excluding hydrogens is 336 g/mol. The van der Waals surface area contributed by atoms with Gasteiger partial charge in [0.1, 0.15) is 0 Å². The highest BCUT2D eigenvalue weighted by molar-refractivity contribution is 6.06. The van der Waals surface area contributed by atoms with Gasteiger partial charge < -0.3 is 19.3 Å². The minimum absolute atomic E-state index is 0.173. The highest BCUT2D eigenvalue weighted by atomic mass is 16.2. The summed E-state index contributed by atoms with van der Waals surface area (Å²) in [6.07, 6.45) is 2.10. The van der Waals surface area contributed by atoms with E-state index in [-0.39, 0.29) is 5.91 Å². The van der Waals surface area contributed by atoms with E-state index < -0.39 is 0 Å². The zero-order chi connectivity index (χ0) is 19.7. The average molecular weight is 371 g/mol. The Morgan fingerprint density at radius 2 is 1.63 bits per heavy atom. The highest BCUT2D eigenvalue weighted by Crippen LogP contribution is 2.29. The molecule has 0 radical (unpaired) electrons. The van der Waals surface area contributed by atoms with Crippen LogP contribution in [0.2, 0.25) is 0 Å². The molecule has 1 aliphatic heterocycles. The van der Waals surface area contributed by atoms with Gasteiger partial charge >= 0.3 is 0 Å². The first-order valence-corrected chi connectivity index (χ1v) is 9.96. The van der Waals surface area contributed by atoms with Crippen LogP contribution in [0.5, 0.6) is 0 Å². The molecule has 0 bridgehead atoms. The molecule has 5 nitrogen and oxygen atoms in total. The topological polar surface area (TPSA) is 31.7 Å². The molecule has 1 aromatic heterocycles. The summed E-state index contributed by atoms with van der Waals surface area (Å²) in [7, 11) is 8.47. The minimum atomic E-state index is 0.173. The first-order valence-electron chi connectivity index (χ1n) is 9.96. The van der Waals surface area contributed by atoms with Crippen LogP contribution in [0.4, 0.5) is 0 Å². The highest BCUT2D eigenvalue weighted by Gasteiger charge is 2.36. The molecule has 0 unspecified atom stereocenters. The molecule has 1 amide bonds. The monoisotopic (exact) mass is 370 g/mol. The van der Waals surface area contributed by atoms with Crippen LogP contribution in [0, 0.1) is 11.8 Å². The summed E-state index contributed by atoms with van der Waals surface area (Å²) in [6.45, 7) is 8.08. The molecule has 27 heavy (non-hydrogen) atoms. The van der Waals surface area contributed by atoms with Crippen molar-refractivity contribution in [2.75, 3.05) is 54.4 Å². The molecule has 3 rings (SSSR count). The predicted molar refractivity (Wildman–Crippen MR) is 112 cm³/mol. The second-order valence-electron chi connectivity index (χ2n) is 8.81. The van der Waals surface area contributed by atoms with Crippen molar-refractivity contribution in [3.8, 4) is 0 Å². The van der Waals surface area contributed by atoms with Crippen molar-refractivity contribution >= 4 is 16.8 Å². The second-order valence-corrected chi connectivity index (χ2v) is 8.81. The third kappa shape index (κ3) is 4.19. The van der Waals surface area contributed by atoms with Crippen molar-refractivity contribution in [3.63, 3.8) is 0 Å². The fraction of sp³-hybridized carbons (Fsp3) is 0.591. The van der Waals surface area contributed by atoms with E-state index in [9.17, 15) is 4.79 Å². The van der Waals surface area contributed by atoms with E-state index in [2.05, 4.69) is 79.6 Å². The summed E-state index contributed by atoms with van der Waals surface area (Å²) >= 11 is 0. The van der Waals surface area contributed by atoms with Gasteiger partial charge in [0.15, 0.2) is 0 Å². The maximum Gasteiger partial charge on any atom is 0.254 e. The predicted octanol–water partition coefficient (Wildman–Crippen LogP) is 3.03. The quantitative estimate of drug-likeness (QED) is 0.783. The van der Waals surface area contributed by atoms with E-state index in [0.717, 1.165) is 42.6 Å². The number of benzene rings is 1. The largest absolute Gasteiger partial charge is 0.345 e. The van der Waals surface area contributed by atoms with Crippen LogP contribution >= 0.6 is 0 Å². The molecule has 2 aromatic rings. The Morgan fingerprint density at radius 3 is 2.15 bits per heavy atom. The van der Waals surface area contributed by atoms with Gasteiger partial charge in [0.25, 0.3) is 5.91 Å². The summed E-state index contributed by atoms with van der Waals surface area (Å²) in [5, 5.41) is 1.07. The Kier molecular flexibility index (Phi) is 5.92. The van der Waals surface area contributed by atoms with E-state index in [1.165, 1.54) is 0 Å². The Bertz CT molecular complexity index is 775. The molecule has 0 aliphatic carbocycles. The third-order valence-electron chi connectivity index (χ3n) is 5.61. The van der Waals surface area contributed by atoms with E-state index >= 15 is 0 Å². The zero-order valence-corrected chi connectivity index (χ0v) is 17.6. The minimum Gasteiger partial charge on any atom is -0.345 e. The fourth-order valence-corrected chi connectivity index (χ4v) is 4.45. The Balaban J connectivity index is 1.86. The number of carbonyl (C=O) groups excluding carboxylic acids is 1. The summed E-state index contributed by atoms with van der Waals surface area (Å²) in [5.74, 6) is 1.21. The second kappa shape index (κ2) is 8.03. The fourth-order valence-electron chi connectivity index (χ4n) is 4.45. The Hall–Kier alpha value is -1.85. The smallest absolute Gasteiger partial charge is 0.254 e. The first kappa shape index (κ1) is 19.9. The Labute approximate surface area is 163 Å². The van der Waals surface area contributed by atoms with Crippen LogP contribution in [-0.4, -0.2) is 79.5 Å². The summed E-state index contributed by atoms with van der Waals surface area (Å²) in [6, 6.07) is 8.58. The molecule has 2 atom stereocenters. The van der Waals surface area contributed by atoms with Crippen molar-refractivity contribution in [2.24, 2.45) is 11.8 Å².